The first-order valence-corrected chi connectivity index (χ1v) is 13.1. The lowest BCUT2D eigenvalue weighted by molar-refractivity contribution is -0.130. The lowest BCUT2D eigenvalue weighted by Gasteiger charge is -2.35. The molecule has 1 aliphatic carbocycles. The SMILES string of the molecule is Cc1cc(-c2[nH]c3ccc(C4CCC(N(C)CC(=O)N(C)C)CC4)cc3c2C(C)C)cn2ncnc12. The lowest BCUT2D eigenvalue weighted by atomic mass is 9.80. The molecule has 5 rings (SSSR count). The highest BCUT2D eigenvalue weighted by molar-refractivity contribution is 5.92. The van der Waals surface area contributed by atoms with Crippen molar-refractivity contribution in [2.75, 3.05) is 27.7 Å². The first kappa shape index (κ1) is 24.5. The van der Waals surface area contributed by atoms with Crippen LogP contribution in [0.2, 0.25) is 0 Å². The standard InChI is InChI=1S/C29H38N6O/c1-18(2)27-24-14-21(20-7-10-23(11-8-20)34(6)16-26(36)33(4)5)9-12-25(24)32-28(27)22-13-19(3)29-30-17-31-35(29)15-22/h9,12-15,17-18,20,23,32H,7-8,10-11,16H2,1-6H3. The molecule has 1 saturated carbocycles. The van der Waals surface area contributed by atoms with Crippen molar-refractivity contribution in [2.24, 2.45) is 0 Å². The molecule has 0 unspecified atom stereocenters. The number of nitrogens with one attached hydrogen (secondary N) is 1. The van der Waals surface area contributed by atoms with Crippen molar-refractivity contribution < 1.29 is 4.79 Å². The maximum absolute atomic E-state index is 12.1. The molecule has 0 atom stereocenters. The van der Waals surface area contributed by atoms with E-state index in [4.69, 9.17) is 0 Å². The quantitative estimate of drug-likeness (QED) is 0.399. The van der Waals surface area contributed by atoms with E-state index in [0.717, 1.165) is 42.5 Å². The molecule has 36 heavy (non-hydrogen) atoms. The second-order valence-corrected chi connectivity index (χ2v) is 11.0. The Morgan fingerprint density at radius 2 is 1.89 bits per heavy atom. The van der Waals surface area contributed by atoms with Gasteiger partial charge < -0.3 is 9.88 Å². The van der Waals surface area contributed by atoms with Crippen molar-refractivity contribution in [1.29, 1.82) is 0 Å². The average Bonchev–Trinajstić information content (AvgIpc) is 3.48. The largest absolute Gasteiger partial charge is 0.354 e. The predicted octanol–water partition coefficient (Wildman–Crippen LogP) is 5.36. The Morgan fingerprint density at radius 3 is 2.58 bits per heavy atom. The number of nitrogens with zero attached hydrogens (tertiary/aromatic N) is 5. The number of aryl methyl sites for hydroxylation is 1. The van der Waals surface area contributed by atoms with Gasteiger partial charge in [0.15, 0.2) is 5.65 Å². The molecule has 1 N–H and O–H groups in total. The third kappa shape index (κ3) is 4.52. The lowest BCUT2D eigenvalue weighted by Crippen LogP contribution is -2.41. The van der Waals surface area contributed by atoms with Gasteiger partial charge >= 0.3 is 0 Å². The third-order valence-corrected chi connectivity index (χ3v) is 7.96. The molecule has 7 nitrogen and oxygen atoms in total. The summed E-state index contributed by atoms with van der Waals surface area (Å²) in [6.45, 7) is 7.14. The normalized spacial score (nSPS) is 18.6. The fourth-order valence-corrected chi connectivity index (χ4v) is 5.88. The van der Waals surface area contributed by atoms with Crippen molar-refractivity contribution in [2.45, 2.75) is 64.3 Å². The van der Waals surface area contributed by atoms with E-state index < -0.39 is 0 Å². The number of likely N-dealkylation sites (N-methyl/N-ethyl adjacent to an activating group) is 2. The Balaban J connectivity index is 1.41. The van der Waals surface area contributed by atoms with Gasteiger partial charge in [0.05, 0.1) is 12.2 Å². The smallest absolute Gasteiger partial charge is 0.236 e. The van der Waals surface area contributed by atoms with Crippen molar-refractivity contribution in [3.63, 3.8) is 0 Å². The molecule has 3 aromatic heterocycles. The molecule has 190 valence electrons. The number of aromatic amines is 1. The number of H-pyrrole nitrogens is 1. The Kier molecular flexibility index (Phi) is 6.60. The summed E-state index contributed by atoms with van der Waals surface area (Å²) in [6.07, 6.45) is 8.27. The molecule has 3 heterocycles. The summed E-state index contributed by atoms with van der Waals surface area (Å²) in [4.78, 5) is 24.2. The van der Waals surface area contributed by atoms with Gasteiger partial charge in [-0.25, -0.2) is 9.50 Å². The first-order chi connectivity index (χ1) is 17.2. The van der Waals surface area contributed by atoms with Crippen LogP contribution < -0.4 is 0 Å². The Morgan fingerprint density at radius 1 is 1.14 bits per heavy atom. The van der Waals surface area contributed by atoms with Gasteiger partial charge in [-0.05, 0) is 86.4 Å². The maximum atomic E-state index is 12.1. The van der Waals surface area contributed by atoms with Crippen LogP contribution in [0, 0.1) is 6.92 Å². The van der Waals surface area contributed by atoms with Crippen LogP contribution in [-0.2, 0) is 4.79 Å². The van der Waals surface area contributed by atoms with E-state index in [1.54, 1.807) is 11.2 Å². The minimum Gasteiger partial charge on any atom is -0.354 e. The number of hydrogen-bond acceptors (Lipinski definition) is 4. The van der Waals surface area contributed by atoms with Gasteiger partial charge in [-0.15, -0.1) is 0 Å². The van der Waals surface area contributed by atoms with Crippen LogP contribution in [0.15, 0.2) is 36.8 Å². The number of hydrogen-bond donors (Lipinski definition) is 1. The van der Waals surface area contributed by atoms with Gasteiger partial charge in [0, 0.05) is 42.8 Å². The van der Waals surface area contributed by atoms with Crippen LogP contribution in [0.5, 0.6) is 0 Å². The number of aromatic nitrogens is 4. The van der Waals surface area contributed by atoms with E-state index in [0.29, 0.717) is 24.4 Å². The molecule has 1 aliphatic rings. The molecule has 1 aromatic carbocycles. The summed E-state index contributed by atoms with van der Waals surface area (Å²) < 4.78 is 1.87. The zero-order valence-corrected chi connectivity index (χ0v) is 22.4. The molecule has 0 saturated heterocycles. The van der Waals surface area contributed by atoms with E-state index in [9.17, 15) is 4.79 Å². The van der Waals surface area contributed by atoms with E-state index >= 15 is 0 Å². The number of fused-ring (bicyclic) bond motifs is 2. The molecule has 0 bridgehead atoms. The summed E-state index contributed by atoms with van der Waals surface area (Å²) in [7, 11) is 5.75. The number of carbonyl (C=O) groups excluding carboxylic acids is 1. The number of pyridine rings is 1. The molecule has 0 radical (unpaired) electrons. The van der Waals surface area contributed by atoms with Crippen molar-refractivity contribution in [3.05, 3.63) is 53.5 Å². The summed E-state index contributed by atoms with van der Waals surface area (Å²) in [5, 5.41) is 5.70. The van der Waals surface area contributed by atoms with Crippen LogP contribution in [-0.4, -0.2) is 69.0 Å². The zero-order chi connectivity index (χ0) is 25.6. The molecule has 0 spiro atoms. The highest BCUT2D eigenvalue weighted by Gasteiger charge is 2.27. The predicted molar refractivity (Wildman–Crippen MR) is 145 cm³/mol. The Labute approximate surface area is 213 Å². The van der Waals surface area contributed by atoms with E-state index in [1.807, 2.05) is 18.6 Å². The van der Waals surface area contributed by atoms with Crippen LogP contribution in [0.4, 0.5) is 0 Å². The topological polar surface area (TPSA) is 69.5 Å². The van der Waals surface area contributed by atoms with Gasteiger partial charge in [-0.3, -0.25) is 9.69 Å². The monoisotopic (exact) mass is 486 g/mol. The molecule has 0 aliphatic heterocycles. The van der Waals surface area contributed by atoms with Crippen LogP contribution in [0.1, 0.15) is 68.1 Å². The average molecular weight is 487 g/mol. The highest BCUT2D eigenvalue weighted by atomic mass is 16.2. The fourth-order valence-electron chi connectivity index (χ4n) is 5.88. The number of rotatable bonds is 6. The molecule has 1 amide bonds. The summed E-state index contributed by atoms with van der Waals surface area (Å²) in [6, 6.07) is 9.68. The highest BCUT2D eigenvalue weighted by Crippen LogP contribution is 2.40. The van der Waals surface area contributed by atoms with Crippen molar-refractivity contribution >= 4 is 22.5 Å². The van der Waals surface area contributed by atoms with Gasteiger partial charge in [-0.2, -0.15) is 5.10 Å². The van der Waals surface area contributed by atoms with Crippen LogP contribution in [0.3, 0.4) is 0 Å². The first-order valence-electron chi connectivity index (χ1n) is 13.1. The minimum atomic E-state index is 0.174. The second-order valence-electron chi connectivity index (χ2n) is 11.0. The number of benzene rings is 1. The van der Waals surface area contributed by atoms with Crippen molar-refractivity contribution in [3.8, 4) is 11.3 Å². The second kappa shape index (κ2) is 9.69. The number of carbonyl (C=O) groups is 1. The molecular weight excluding hydrogens is 448 g/mol. The molecular formula is C29H38N6O. The molecule has 7 heteroatoms. The summed E-state index contributed by atoms with van der Waals surface area (Å²) in [5.41, 5.74) is 8.31. The minimum absolute atomic E-state index is 0.174. The summed E-state index contributed by atoms with van der Waals surface area (Å²) in [5.74, 6) is 1.12. The molecule has 4 aromatic rings. The van der Waals surface area contributed by atoms with E-state index in [2.05, 4.69) is 78.2 Å². The Hall–Kier alpha value is -3.19. The summed E-state index contributed by atoms with van der Waals surface area (Å²) >= 11 is 0. The zero-order valence-electron chi connectivity index (χ0n) is 22.4. The van der Waals surface area contributed by atoms with Crippen molar-refractivity contribution in [1.82, 2.24) is 29.4 Å². The third-order valence-electron chi connectivity index (χ3n) is 7.96. The van der Waals surface area contributed by atoms with Crippen LogP contribution in [0.25, 0.3) is 27.8 Å². The van der Waals surface area contributed by atoms with E-state index in [-0.39, 0.29) is 5.91 Å². The van der Waals surface area contributed by atoms with Gasteiger partial charge in [-0.1, -0.05) is 19.9 Å². The van der Waals surface area contributed by atoms with Gasteiger partial charge in [0.2, 0.25) is 5.91 Å². The van der Waals surface area contributed by atoms with Gasteiger partial charge in [0.25, 0.3) is 0 Å². The van der Waals surface area contributed by atoms with Crippen LogP contribution >= 0.6 is 0 Å². The Bertz CT molecular complexity index is 1390. The fraction of sp³-hybridized carbons (Fsp3) is 0.483. The van der Waals surface area contributed by atoms with Gasteiger partial charge in [0.1, 0.15) is 6.33 Å². The number of amides is 1. The maximum Gasteiger partial charge on any atom is 0.236 e. The van der Waals surface area contributed by atoms with E-state index in [1.165, 1.54) is 27.7 Å². The molecule has 1 fully saturated rings.